The summed E-state index contributed by atoms with van der Waals surface area (Å²) in [5.74, 6) is -2.52. The third kappa shape index (κ3) is 11.1. The van der Waals surface area contributed by atoms with Gasteiger partial charge in [0.05, 0.1) is 12.7 Å². The molecule has 3 atom stereocenters. The number of anilines is 1. The fourth-order valence-electron chi connectivity index (χ4n) is 4.05. The van der Waals surface area contributed by atoms with E-state index in [1.807, 2.05) is 44.2 Å². The minimum absolute atomic E-state index is 0.162. The molecule has 0 aliphatic carbocycles. The molecule has 0 aliphatic heterocycles. The molecule has 0 bridgehead atoms. The Morgan fingerprint density at radius 3 is 2.09 bits per heavy atom. The standard InChI is InChI=1S/C32H44N4O7/c1-9-20(2)25(35-30(41)43-31(3,4)5)27(38)36-32(6,7)29(40)34-24(18-21-14-11-10-12-15-21)26(37)33-23-17-13-16-22(19-23)28(39)42-8/h10-17,19-20,24-25H,9,18H2,1-8H3,(H,33,37)(H,34,40)(H,35,41)(H,36,38)/t20-,24-,25-/m0/s1. The first-order chi connectivity index (χ1) is 20.1. The Morgan fingerprint density at radius 2 is 1.51 bits per heavy atom. The van der Waals surface area contributed by atoms with Gasteiger partial charge in [-0.2, -0.15) is 0 Å². The van der Waals surface area contributed by atoms with Gasteiger partial charge in [-0.3, -0.25) is 14.4 Å². The molecule has 234 valence electrons. The summed E-state index contributed by atoms with van der Waals surface area (Å²) in [6.07, 6.45) is -0.00248. The SMILES string of the molecule is CC[C@H](C)[C@H](NC(=O)OC(C)(C)C)C(=O)NC(C)(C)C(=O)N[C@@H](Cc1ccccc1)C(=O)Nc1cccc(C(=O)OC)c1. The normalized spacial score (nSPS) is 13.5. The van der Waals surface area contributed by atoms with Crippen LogP contribution in [-0.2, 0) is 30.3 Å². The maximum absolute atomic E-state index is 13.5. The Hall–Kier alpha value is -4.41. The molecule has 0 saturated heterocycles. The molecule has 0 saturated carbocycles. The molecule has 11 heteroatoms. The Balaban J connectivity index is 2.24. The van der Waals surface area contributed by atoms with Crippen molar-refractivity contribution in [2.45, 2.75) is 84.5 Å². The maximum Gasteiger partial charge on any atom is 0.408 e. The minimum atomic E-state index is -1.46. The van der Waals surface area contributed by atoms with Gasteiger partial charge < -0.3 is 30.7 Å². The first kappa shape index (κ1) is 34.8. The topological polar surface area (TPSA) is 152 Å². The number of carbonyl (C=O) groups is 5. The molecule has 11 nitrogen and oxygen atoms in total. The number of alkyl carbamates (subject to hydrolysis) is 1. The van der Waals surface area contributed by atoms with Gasteiger partial charge in [0.25, 0.3) is 0 Å². The third-order valence-electron chi connectivity index (χ3n) is 6.63. The first-order valence-corrected chi connectivity index (χ1v) is 14.2. The lowest BCUT2D eigenvalue weighted by molar-refractivity contribution is -0.135. The van der Waals surface area contributed by atoms with Gasteiger partial charge in [0.2, 0.25) is 17.7 Å². The second-order valence-corrected chi connectivity index (χ2v) is 11.9. The van der Waals surface area contributed by atoms with E-state index in [1.165, 1.54) is 27.0 Å². The molecule has 4 N–H and O–H groups in total. The van der Waals surface area contributed by atoms with Gasteiger partial charge in [0, 0.05) is 12.1 Å². The van der Waals surface area contributed by atoms with E-state index in [9.17, 15) is 24.0 Å². The maximum atomic E-state index is 13.5. The number of amides is 4. The summed E-state index contributed by atoms with van der Waals surface area (Å²) in [5, 5.41) is 10.9. The smallest absolute Gasteiger partial charge is 0.408 e. The fourth-order valence-corrected chi connectivity index (χ4v) is 4.05. The molecular weight excluding hydrogens is 552 g/mol. The largest absolute Gasteiger partial charge is 0.465 e. The number of esters is 1. The Kier molecular flexibility index (Phi) is 12.3. The molecule has 4 amide bonds. The summed E-state index contributed by atoms with van der Waals surface area (Å²) < 4.78 is 10.1. The highest BCUT2D eigenvalue weighted by atomic mass is 16.6. The number of ether oxygens (including phenoxy) is 2. The van der Waals surface area contributed by atoms with Crippen LogP contribution in [0, 0.1) is 5.92 Å². The lowest BCUT2D eigenvalue weighted by Gasteiger charge is -2.32. The van der Waals surface area contributed by atoms with Crippen LogP contribution in [0.1, 0.15) is 70.8 Å². The lowest BCUT2D eigenvalue weighted by Crippen LogP contribution is -2.62. The highest BCUT2D eigenvalue weighted by molar-refractivity contribution is 6.00. The van der Waals surface area contributed by atoms with E-state index < -0.39 is 53.0 Å². The van der Waals surface area contributed by atoms with Crippen LogP contribution >= 0.6 is 0 Å². The van der Waals surface area contributed by atoms with Crippen LogP contribution in [0.25, 0.3) is 0 Å². The van der Waals surface area contributed by atoms with Crippen LogP contribution in [0.3, 0.4) is 0 Å². The molecule has 0 aromatic heterocycles. The molecule has 43 heavy (non-hydrogen) atoms. The second-order valence-electron chi connectivity index (χ2n) is 11.9. The second kappa shape index (κ2) is 15.2. The van der Waals surface area contributed by atoms with Gasteiger partial charge in [0.1, 0.15) is 23.2 Å². The van der Waals surface area contributed by atoms with Gasteiger partial charge in [-0.1, -0.05) is 56.7 Å². The van der Waals surface area contributed by atoms with Crippen LogP contribution in [0.2, 0.25) is 0 Å². The van der Waals surface area contributed by atoms with Gasteiger partial charge in [-0.05, 0) is 64.3 Å². The number of benzene rings is 2. The molecule has 0 unspecified atom stereocenters. The van der Waals surface area contributed by atoms with Crippen molar-refractivity contribution >= 4 is 35.5 Å². The van der Waals surface area contributed by atoms with Gasteiger partial charge >= 0.3 is 12.1 Å². The zero-order valence-corrected chi connectivity index (χ0v) is 26.2. The Labute approximate surface area is 253 Å². The number of hydrogen-bond donors (Lipinski definition) is 4. The van der Waals surface area contributed by atoms with Gasteiger partial charge in [0.15, 0.2) is 0 Å². The van der Waals surface area contributed by atoms with Crippen LogP contribution < -0.4 is 21.3 Å². The highest BCUT2D eigenvalue weighted by Crippen LogP contribution is 2.16. The number of hydrogen-bond acceptors (Lipinski definition) is 7. The number of methoxy groups -OCH3 is 1. The highest BCUT2D eigenvalue weighted by Gasteiger charge is 2.37. The molecule has 0 fully saturated rings. The van der Waals surface area contributed by atoms with Gasteiger partial charge in [-0.25, -0.2) is 9.59 Å². The Morgan fingerprint density at radius 1 is 0.860 bits per heavy atom. The molecular formula is C32H44N4O7. The monoisotopic (exact) mass is 596 g/mol. The summed E-state index contributed by atoms with van der Waals surface area (Å²) in [5.41, 5.74) is -0.819. The van der Waals surface area contributed by atoms with E-state index in [1.54, 1.807) is 39.0 Å². The fraction of sp³-hybridized carbons (Fsp3) is 0.469. The number of rotatable bonds is 12. The van der Waals surface area contributed by atoms with Crippen LogP contribution in [-0.4, -0.2) is 60.1 Å². The average Bonchev–Trinajstić information content (AvgIpc) is 2.94. The van der Waals surface area contributed by atoms with E-state index in [-0.39, 0.29) is 17.9 Å². The van der Waals surface area contributed by atoms with Crippen molar-refractivity contribution in [1.82, 2.24) is 16.0 Å². The van der Waals surface area contributed by atoms with Crippen molar-refractivity contribution in [3.63, 3.8) is 0 Å². The van der Waals surface area contributed by atoms with E-state index in [0.29, 0.717) is 12.1 Å². The Bertz CT molecular complexity index is 1290. The number of carbonyl (C=O) groups excluding carboxylic acids is 5. The molecule has 0 heterocycles. The van der Waals surface area contributed by atoms with Crippen LogP contribution in [0.4, 0.5) is 10.5 Å². The van der Waals surface area contributed by atoms with Crippen molar-refractivity contribution in [3.05, 3.63) is 65.7 Å². The zero-order valence-electron chi connectivity index (χ0n) is 26.2. The molecule has 0 radical (unpaired) electrons. The third-order valence-corrected chi connectivity index (χ3v) is 6.63. The zero-order chi connectivity index (χ0) is 32.4. The predicted molar refractivity (Wildman–Crippen MR) is 163 cm³/mol. The minimum Gasteiger partial charge on any atom is -0.465 e. The van der Waals surface area contributed by atoms with E-state index in [0.717, 1.165) is 5.56 Å². The van der Waals surface area contributed by atoms with E-state index in [4.69, 9.17) is 9.47 Å². The summed E-state index contributed by atoms with van der Waals surface area (Å²) in [4.78, 5) is 64.7. The first-order valence-electron chi connectivity index (χ1n) is 14.2. The van der Waals surface area contributed by atoms with Gasteiger partial charge in [-0.15, -0.1) is 0 Å². The number of nitrogens with one attached hydrogen (secondary N) is 4. The van der Waals surface area contributed by atoms with Crippen LogP contribution in [0.15, 0.2) is 54.6 Å². The summed E-state index contributed by atoms with van der Waals surface area (Å²) >= 11 is 0. The van der Waals surface area contributed by atoms with Crippen LogP contribution in [0.5, 0.6) is 0 Å². The molecule has 0 spiro atoms. The summed E-state index contributed by atoms with van der Waals surface area (Å²) in [6.45, 7) is 11.9. The van der Waals surface area contributed by atoms with Crippen molar-refractivity contribution in [1.29, 1.82) is 0 Å². The van der Waals surface area contributed by atoms with Crippen molar-refractivity contribution in [3.8, 4) is 0 Å². The lowest BCUT2D eigenvalue weighted by atomic mass is 9.96. The molecule has 2 rings (SSSR count). The van der Waals surface area contributed by atoms with Crippen molar-refractivity contribution in [2.24, 2.45) is 5.92 Å². The molecule has 0 aliphatic rings. The summed E-state index contributed by atoms with van der Waals surface area (Å²) in [7, 11) is 1.26. The van der Waals surface area contributed by atoms with Crippen molar-refractivity contribution < 1.29 is 33.4 Å². The average molecular weight is 597 g/mol. The predicted octanol–water partition coefficient (Wildman–Crippen LogP) is 3.97. The quantitative estimate of drug-likeness (QED) is 0.271. The summed E-state index contributed by atoms with van der Waals surface area (Å²) in [6, 6.07) is 13.4. The van der Waals surface area contributed by atoms with E-state index >= 15 is 0 Å². The molecule has 2 aromatic carbocycles. The van der Waals surface area contributed by atoms with Crippen molar-refractivity contribution in [2.75, 3.05) is 12.4 Å². The van der Waals surface area contributed by atoms with E-state index in [2.05, 4.69) is 21.3 Å². The molecule has 2 aromatic rings.